The SMILES string of the molecule is CCS(=O)(=O)[C@](C)(Cl)C(=O)c1ccc(N)cc1. The van der Waals surface area contributed by atoms with Crippen molar-refractivity contribution in [2.24, 2.45) is 0 Å². The maximum atomic E-state index is 12.0. The van der Waals surface area contributed by atoms with Crippen LogP contribution in [0.1, 0.15) is 24.2 Å². The Bertz CT molecular complexity index is 520. The Labute approximate surface area is 106 Å². The first-order valence-corrected chi connectivity index (χ1v) is 7.07. The van der Waals surface area contributed by atoms with E-state index >= 15 is 0 Å². The van der Waals surface area contributed by atoms with Gasteiger partial charge in [0.1, 0.15) is 0 Å². The zero-order valence-electron chi connectivity index (χ0n) is 9.60. The molecule has 1 aromatic carbocycles. The Morgan fingerprint density at radius 1 is 1.35 bits per heavy atom. The van der Waals surface area contributed by atoms with Crippen molar-refractivity contribution in [1.29, 1.82) is 0 Å². The van der Waals surface area contributed by atoms with E-state index in [0.29, 0.717) is 5.69 Å². The molecule has 6 heteroatoms. The standard InChI is InChI=1S/C11H14ClNO3S/c1-3-17(15,16)11(2,12)10(14)8-4-6-9(13)7-5-8/h4-7H,3,13H2,1-2H3/t11-/m0/s1. The lowest BCUT2D eigenvalue weighted by molar-refractivity contribution is 0.0978. The number of carbonyl (C=O) groups excluding carboxylic acids is 1. The second-order valence-electron chi connectivity index (χ2n) is 3.77. The predicted molar refractivity (Wildman–Crippen MR) is 68.9 cm³/mol. The minimum atomic E-state index is -3.67. The van der Waals surface area contributed by atoms with Crippen LogP contribution < -0.4 is 5.73 Å². The fourth-order valence-corrected chi connectivity index (χ4v) is 2.68. The van der Waals surface area contributed by atoms with Gasteiger partial charge in [0.25, 0.3) is 0 Å². The van der Waals surface area contributed by atoms with Crippen LogP contribution in [0.4, 0.5) is 5.69 Å². The highest BCUT2D eigenvalue weighted by atomic mass is 35.5. The molecule has 0 saturated carbocycles. The number of sulfone groups is 1. The Hall–Kier alpha value is -1.07. The summed E-state index contributed by atoms with van der Waals surface area (Å²) < 4.78 is 21.5. The van der Waals surface area contributed by atoms with Gasteiger partial charge in [-0.15, -0.1) is 0 Å². The van der Waals surface area contributed by atoms with Gasteiger partial charge in [-0.05, 0) is 31.2 Å². The highest BCUT2D eigenvalue weighted by molar-refractivity contribution is 7.95. The number of nitrogen functional groups attached to an aromatic ring is 1. The Kier molecular flexibility index (Phi) is 3.84. The fourth-order valence-electron chi connectivity index (χ4n) is 1.30. The summed E-state index contributed by atoms with van der Waals surface area (Å²) in [6, 6.07) is 5.98. The third kappa shape index (κ3) is 2.61. The number of hydrogen-bond donors (Lipinski definition) is 1. The lowest BCUT2D eigenvalue weighted by atomic mass is 10.1. The van der Waals surface area contributed by atoms with Crippen molar-refractivity contribution in [1.82, 2.24) is 0 Å². The summed E-state index contributed by atoms with van der Waals surface area (Å²) in [5, 5.41) is 0. The predicted octanol–water partition coefficient (Wildman–Crippen LogP) is 1.84. The van der Waals surface area contributed by atoms with E-state index in [-0.39, 0.29) is 11.3 Å². The number of nitrogens with two attached hydrogens (primary N) is 1. The number of benzene rings is 1. The van der Waals surface area contributed by atoms with E-state index in [0.717, 1.165) is 0 Å². The van der Waals surface area contributed by atoms with E-state index in [2.05, 4.69) is 0 Å². The molecule has 0 aliphatic carbocycles. The quantitative estimate of drug-likeness (QED) is 0.517. The smallest absolute Gasteiger partial charge is 0.205 e. The maximum Gasteiger partial charge on any atom is 0.205 e. The van der Waals surface area contributed by atoms with E-state index in [1.54, 1.807) is 0 Å². The maximum absolute atomic E-state index is 12.0. The molecule has 1 rings (SSSR count). The van der Waals surface area contributed by atoms with Gasteiger partial charge < -0.3 is 5.73 Å². The van der Waals surface area contributed by atoms with Crippen LogP contribution in [0.15, 0.2) is 24.3 Å². The second kappa shape index (κ2) is 4.66. The Morgan fingerprint density at radius 2 is 1.82 bits per heavy atom. The van der Waals surface area contributed by atoms with Crippen molar-refractivity contribution in [3.63, 3.8) is 0 Å². The first-order valence-electron chi connectivity index (χ1n) is 5.04. The van der Waals surface area contributed by atoms with Gasteiger partial charge in [-0.25, -0.2) is 8.42 Å². The molecule has 0 aliphatic rings. The van der Waals surface area contributed by atoms with Crippen molar-refractivity contribution < 1.29 is 13.2 Å². The molecular weight excluding hydrogens is 262 g/mol. The minimum Gasteiger partial charge on any atom is -0.399 e. The summed E-state index contributed by atoms with van der Waals surface area (Å²) in [5.41, 5.74) is 6.21. The number of hydrogen-bond acceptors (Lipinski definition) is 4. The summed E-state index contributed by atoms with van der Waals surface area (Å²) >= 11 is 5.88. The van der Waals surface area contributed by atoms with Gasteiger partial charge in [0.2, 0.25) is 4.21 Å². The van der Waals surface area contributed by atoms with Crippen molar-refractivity contribution in [2.45, 2.75) is 18.1 Å². The lowest BCUT2D eigenvalue weighted by Crippen LogP contribution is -2.39. The highest BCUT2D eigenvalue weighted by Crippen LogP contribution is 2.28. The molecule has 0 spiro atoms. The Balaban J connectivity index is 3.18. The normalized spacial score (nSPS) is 15.2. The van der Waals surface area contributed by atoms with Gasteiger partial charge in [-0.1, -0.05) is 18.5 Å². The van der Waals surface area contributed by atoms with Crippen LogP contribution in [0.5, 0.6) is 0 Å². The molecule has 94 valence electrons. The van der Waals surface area contributed by atoms with Gasteiger partial charge in [-0.2, -0.15) is 0 Å². The lowest BCUT2D eigenvalue weighted by Gasteiger charge is -2.20. The van der Waals surface area contributed by atoms with Gasteiger partial charge in [0.15, 0.2) is 15.6 Å². The summed E-state index contributed by atoms with van der Waals surface area (Å²) in [4.78, 5) is 12.0. The number of ketones is 1. The summed E-state index contributed by atoms with van der Waals surface area (Å²) in [6.07, 6.45) is 0. The van der Waals surface area contributed by atoms with Crippen molar-refractivity contribution in [3.05, 3.63) is 29.8 Å². The molecule has 2 N–H and O–H groups in total. The molecule has 4 nitrogen and oxygen atoms in total. The third-order valence-electron chi connectivity index (χ3n) is 2.54. The average Bonchev–Trinajstić information content (AvgIpc) is 2.28. The van der Waals surface area contributed by atoms with Gasteiger partial charge in [0, 0.05) is 17.0 Å². The zero-order chi connectivity index (χ0) is 13.3. The molecule has 17 heavy (non-hydrogen) atoms. The molecule has 0 unspecified atom stereocenters. The molecule has 0 saturated heterocycles. The van der Waals surface area contributed by atoms with E-state index in [1.165, 1.54) is 38.1 Å². The number of halogens is 1. The second-order valence-corrected chi connectivity index (χ2v) is 7.37. The Morgan fingerprint density at radius 3 is 2.24 bits per heavy atom. The number of carbonyl (C=O) groups is 1. The van der Waals surface area contributed by atoms with Crippen LogP contribution >= 0.6 is 11.6 Å². The van der Waals surface area contributed by atoms with Crippen molar-refractivity contribution >= 4 is 32.9 Å². The largest absolute Gasteiger partial charge is 0.399 e. The van der Waals surface area contributed by atoms with Crippen molar-refractivity contribution in [3.8, 4) is 0 Å². The molecule has 0 fully saturated rings. The summed E-state index contributed by atoms with van der Waals surface area (Å²) in [6.45, 7) is 2.65. The molecular formula is C11H14ClNO3S. The molecule has 0 heterocycles. The molecule has 0 radical (unpaired) electrons. The number of alkyl halides is 1. The van der Waals surface area contributed by atoms with Gasteiger partial charge in [-0.3, -0.25) is 4.79 Å². The monoisotopic (exact) mass is 275 g/mol. The topological polar surface area (TPSA) is 77.2 Å². The van der Waals surface area contributed by atoms with Crippen LogP contribution in [0, 0.1) is 0 Å². The van der Waals surface area contributed by atoms with Gasteiger partial charge in [0.05, 0.1) is 0 Å². The van der Waals surface area contributed by atoms with E-state index < -0.39 is 19.8 Å². The summed E-state index contributed by atoms with van der Waals surface area (Å²) in [7, 11) is -3.67. The zero-order valence-corrected chi connectivity index (χ0v) is 11.2. The van der Waals surface area contributed by atoms with Crippen LogP contribution in [-0.2, 0) is 9.84 Å². The van der Waals surface area contributed by atoms with Crippen LogP contribution in [0.25, 0.3) is 0 Å². The van der Waals surface area contributed by atoms with E-state index in [9.17, 15) is 13.2 Å². The van der Waals surface area contributed by atoms with Crippen LogP contribution in [0.2, 0.25) is 0 Å². The summed E-state index contributed by atoms with van der Waals surface area (Å²) in [5.74, 6) is -0.825. The highest BCUT2D eigenvalue weighted by Gasteiger charge is 2.43. The molecule has 0 bridgehead atoms. The number of anilines is 1. The minimum absolute atomic E-state index is 0.187. The first kappa shape index (κ1) is 14.0. The van der Waals surface area contributed by atoms with Crippen molar-refractivity contribution in [2.75, 3.05) is 11.5 Å². The molecule has 0 aromatic heterocycles. The van der Waals surface area contributed by atoms with Gasteiger partial charge >= 0.3 is 0 Å². The molecule has 0 aliphatic heterocycles. The van der Waals surface area contributed by atoms with E-state index in [4.69, 9.17) is 17.3 Å². The fraction of sp³-hybridized carbons (Fsp3) is 0.364. The molecule has 1 aromatic rings. The number of rotatable bonds is 4. The van der Waals surface area contributed by atoms with Crippen LogP contribution in [-0.4, -0.2) is 24.2 Å². The molecule has 0 amide bonds. The number of Topliss-reactive ketones (excluding diaryl/α,β-unsaturated/α-hetero) is 1. The average molecular weight is 276 g/mol. The first-order chi connectivity index (χ1) is 7.72. The molecule has 1 atom stereocenters. The van der Waals surface area contributed by atoms with Crippen LogP contribution in [0.3, 0.4) is 0 Å². The van der Waals surface area contributed by atoms with E-state index in [1.807, 2.05) is 0 Å². The third-order valence-corrected chi connectivity index (χ3v) is 5.53.